The molecular formula is C20H25NO. The Morgan fingerprint density at radius 3 is 2.09 bits per heavy atom. The zero-order valence-corrected chi connectivity index (χ0v) is 13.3. The Balaban J connectivity index is 1.73. The van der Waals surface area contributed by atoms with Crippen molar-refractivity contribution in [3.63, 3.8) is 0 Å². The van der Waals surface area contributed by atoms with Gasteiger partial charge in [0.1, 0.15) is 0 Å². The van der Waals surface area contributed by atoms with Gasteiger partial charge in [0.05, 0.1) is 5.60 Å². The lowest BCUT2D eigenvalue weighted by Gasteiger charge is -2.34. The molecule has 2 nitrogen and oxygen atoms in total. The van der Waals surface area contributed by atoms with Gasteiger partial charge in [0.25, 0.3) is 0 Å². The molecule has 22 heavy (non-hydrogen) atoms. The van der Waals surface area contributed by atoms with Gasteiger partial charge in [-0.3, -0.25) is 0 Å². The molecule has 1 saturated heterocycles. The van der Waals surface area contributed by atoms with Crippen molar-refractivity contribution >= 4 is 0 Å². The minimum absolute atomic E-state index is 0.720. The predicted molar refractivity (Wildman–Crippen MR) is 91.7 cm³/mol. The topological polar surface area (TPSA) is 23.5 Å². The Hall–Kier alpha value is -1.64. The van der Waals surface area contributed by atoms with E-state index in [2.05, 4.69) is 53.4 Å². The van der Waals surface area contributed by atoms with E-state index in [0.717, 1.165) is 25.2 Å². The Morgan fingerprint density at radius 2 is 1.45 bits per heavy atom. The Bertz CT molecular complexity index is 583. The third-order valence-electron chi connectivity index (χ3n) is 4.59. The van der Waals surface area contributed by atoms with Crippen LogP contribution >= 0.6 is 0 Å². The van der Waals surface area contributed by atoms with E-state index in [0.29, 0.717) is 0 Å². The van der Waals surface area contributed by atoms with E-state index in [1.54, 1.807) is 0 Å². The average Bonchev–Trinajstić information content (AvgIpc) is 2.56. The molecule has 2 aromatic rings. The Kier molecular flexibility index (Phi) is 4.60. The molecule has 1 aliphatic heterocycles. The Labute approximate surface area is 133 Å². The van der Waals surface area contributed by atoms with Crippen LogP contribution in [-0.2, 0) is 5.60 Å². The third-order valence-corrected chi connectivity index (χ3v) is 4.59. The second-order valence-corrected chi connectivity index (χ2v) is 6.55. The van der Waals surface area contributed by atoms with Gasteiger partial charge in [-0.05, 0) is 49.5 Å². The quantitative estimate of drug-likeness (QED) is 0.920. The summed E-state index contributed by atoms with van der Waals surface area (Å²) in [5.41, 5.74) is 2.62. The molecule has 1 atom stereocenters. The van der Waals surface area contributed by atoms with E-state index < -0.39 is 5.60 Å². The molecule has 1 fully saturated rings. The molecule has 0 amide bonds. The highest BCUT2D eigenvalue weighted by molar-refractivity contribution is 5.63. The number of β-amino-alcohol motifs (C(OH)–C–C–N with tert-alkyl or cyclic N) is 1. The van der Waals surface area contributed by atoms with Gasteiger partial charge in [0, 0.05) is 6.54 Å². The minimum Gasteiger partial charge on any atom is -0.384 e. The van der Waals surface area contributed by atoms with Gasteiger partial charge >= 0.3 is 0 Å². The van der Waals surface area contributed by atoms with Crippen molar-refractivity contribution in [3.8, 4) is 11.1 Å². The van der Waals surface area contributed by atoms with Gasteiger partial charge in [0.2, 0.25) is 0 Å². The van der Waals surface area contributed by atoms with Gasteiger partial charge in [-0.1, -0.05) is 61.0 Å². The largest absolute Gasteiger partial charge is 0.384 e. The summed E-state index contributed by atoms with van der Waals surface area (Å²) in [4.78, 5) is 2.38. The second-order valence-electron chi connectivity index (χ2n) is 6.55. The second kappa shape index (κ2) is 6.64. The predicted octanol–water partition coefficient (Wildman–Crippen LogP) is 4.05. The van der Waals surface area contributed by atoms with Gasteiger partial charge in [0.15, 0.2) is 0 Å². The van der Waals surface area contributed by atoms with E-state index in [1.165, 1.54) is 30.4 Å². The van der Waals surface area contributed by atoms with Gasteiger partial charge in [-0.25, -0.2) is 0 Å². The molecular weight excluding hydrogens is 270 g/mol. The molecule has 1 aliphatic rings. The molecule has 0 spiro atoms. The lowest BCUT2D eigenvalue weighted by molar-refractivity contribution is 0.0105. The number of aliphatic hydroxyl groups is 1. The van der Waals surface area contributed by atoms with Crippen molar-refractivity contribution in [1.29, 1.82) is 0 Å². The van der Waals surface area contributed by atoms with Crippen molar-refractivity contribution in [1.82, 2.24) is 4.90 Å². The summed E-state index contributed by atoms with van der Waals surface area (Å²) in [6, 6.07) is 18.7. The van der Waals surface area contributed by atoms with E-state index in [9.17, 15) is 5.11 Å². The highest BCUT2D eigenvalue weighted by atomic mass is 16.3. The van der Waals surface area contributed by atoms with E-state index >= 15 is 0 Å². The van der Waals surface area contributed by atoms with Crippen LogP contribution in [0.5, 0.6) is 0 Å². The molecule has 0 saturated carbocycles. The van der Waals surface area contributed by atoms with Crippen LogP contribution in [0.25, 0.3) is 11.1 Å². The normalized spacial score (nSPS) is 18.8. The molecule has 1 heterocycles. The molecule has 0 aliphatic carbocycles. The smallest absolute Gasteiger partial charge is 0.0994 e. The standard InChI is InChI=1S/C20H25NO/c1-20(22,16-21-14-6-3-7-15-21)19-12-10-18(11-13-19)17-8-4-2-5-9-17/h2,4-5,8-13,22H,3,6-7,14-16H2,1H3. The van der Waals surface area contributed by atoms with Gasteiger partial charge in [-0.2, -0.15) is 0 Å². The van der Waals surface area contributed by atoms with Crippen molar-refractivity contribution in [2.45, 2.75) is 31.8 Å². The molecule has 0 radical (unpaired) electrons. The van der Waals surface area contributed by atoms with Gasteiger partial charge in [-0.15, -0.1) is 0 Å². The molecule has 116 valence electrons. The van der Waals surface area contributed by atoms with Crippen molar-refractivity contribution in [2.75, 3.05) is 19.6 Å². The molecule has 2 heteroatoms. The first-order valence-electron chi connectivity index (χ1n) is 8.26. The number of nitrogens with zero attached hydrogens (tertiary/aromatic N) is 1. The average molecular weight is 295 g/mol. The summed E-state index contributed by atoms with van der Waals surface area (Å²) in [5, 5.41) is 10.9. The highest BCUT2D eigenvalue weighted by Gasteiger charge is 2.26. The molecule has 1 N–H and O–H groups in total. The highest BCUT2D eigenvalue weighted by Crippen LogP contribution is 2.26. The maximum absolute atomic E-state index is 10.9. The van der Waals surface area contributed by atoms with Crippen LogP contribution in [0, 0.1) is 0 Å². The molecule has 0 aromatic heterocycles. The summed E-state index contributed by atoms with van der Waals surface area (Å²) >= 11 is 0. The van der Waals surface area contributed by atoms with Crippen LogP contribution < -0.4 is 0 Å². The number of rotatable bonds is 4. The van der Waals surface area contributed by atoms with Crippen LogP contribution in [0.4, 0.5) is 0 Å². The van der Waals surface area contributed by atoms with Crippen molar-refractivity contribution in [3.05, 3.63) is 60.2 Å². The fourth-order valence-corrected chi connectivity index (χ4v) is 3.30. The third kappa shape index (κ3) is 3.57. The first-order chi connectivity index (χ1) is 10.6. The van der Waals surface area contributed by atoms with Crippen LogP contribution in [0.1, 0.15) is 31.7 Å². The zero-order chi connectivity index (χ0) is 15.4. The number of piperidine rings is 1. The van der Waals surface area contributed by atoms with Crippen LogP contribution in [0.2, 0.25) is 0 Å². The van der Waals surface area contributed by atoms with Crippen molar-refractivity contribution < 1.29 is 5.11 Å². The van der Waals surface area contributed by atoms with E-state index in [-0.39, 0.29) is 0 Å². The molecule has 1 unspecified atom stereocenters. The Morgan fingerprint density at radius 1 is 0.864 bits per heavy atom. The number of hydrogen-bond acceptors (Lipinski definition) is 2. The number of likely N-dealkylation sites (tertiary alicyclic amines) is 1. The maximum atomic E-state index is 10.9. The first kappa shape index (κ1) is 15.3. The maximum Gasteiger partial charge on any atom is 0.0994 e. The van der Waals surface area contributed by atoms with Crippen LogP contribution in [0.3, 0.4) is 0 Å². The summed E-state index contributed by atoms with van der Waals surface area (Å²) < 4.78 is 0. The lowest BCUT2D eigenvalue weighted by Crippen LogP contribution is -2.41. The molecule has 0 bridgehead atoms. The molecule has 2 aromatic carbocycles. The van der Waals surface area contributed by atoms with E-state index in [1.807, 2.05) is 13.0 Å². The summed E-state index contributed by atoms with van der Waals surface area (Å²) in [6.07, 6.45) is 3.83. The zero-order valence-electron chi connectivity index (χ0n) is 13.3. The monoisotopic (exact) mass is 295 g/mol. The van der Waals surface area contributed by atoms with Crippen molar-refractivity contribution in [2.24, 2.45) is 0 Å². The fraction of sp³-hybridized carbons (Fsp3) is 0.400. The van der Waals surface area contributed by atoms with Crippen LogP contribution in [0.15, 0.2) is 54.6 Å². The first-order valence-corrected chi connectivity index (χ1v) is 8.26. The summed E-state index contributed by atoms with van der Waals surface area (Å²) in [6.45, 7) is 4.87. The molecule has 3 rings (SSSR count). The number of benzene rings is 2. The van der Waals surface area contributed by atoms with Crippen LogP contribution in [-0.4, -0.2) is 29.6 Å². The summed E-state index contributed by atoms with van der Waals surface area (Å²) in [7, 11) is 0. The SMILES string of the molecule is CC(O)(CN1CCCCC1)c1ccc(-c2ccccc2)cc1. The fourth-order valence-electron chi connectivity index (χ4n) is 3.30. The van der Waals surface area contributed by atoms with E-state index in [4.69, 9.17) is 0 Å². The summed E-state index contributed by atoms with van der Waals surface area (Å²) in [5.74, 6) is 0. The lowest BCUT2D eigenvalue weighted by atomic mass is 9.92. The van der Waals surface area contributed by atoms with Gasteiger partial charge < -0.3 is 10.0 Å². The number of hydrogen-bond donors (Lipinski definition) is 1. The minimum atomic E-state index is -0.785.